The third kappa shape index (κ3) is 5.54. The molecule has 53 heavy (non-hydrogen) atoms. The minimum absolute atomic E-state index is 0.0393. The van der Waals surface area contributed by atoms with Crippen LogP contribution in [0.15, 0.2) is 203 Å². The molecule has 2 aromatic heterocycles. The molecule has 10 aromatic rings. The number of anilines is 3. The van der Waals surface area contributed by atoms with Crippen molar-refractivity contribution >= 4 is 50.1 Å². The van der Waals surface area contributed by atoms with Gasteiger partial charge < -0.3 is 13.7 Å². The molecular formula is C49H32N2O2. The van der Waals surface area contributed by atoms with E-state index in [1.165, 1.54) is 0 Å². The third-order valence-corrected chi connectivity index (χ3v) is 9.62. The molecule has 0 atom stereocenters. The quantitative estimate of drug-likeness (QED) is 0.167. The van der Waals surface area contributed by atoms with Crippen LogP contribution in [0.3, 0.4) is 0 Å². The predicted molar refractivity (Wildman–Crippen MR) is 218 cm³/mol. The number of aromatic nitrogens is 1. The SMILES string of the molecule is [2H]c1c([2H])c([2H])c(-c2nc3cccc(-c4ccc5c(c4)oc4cccc(N(c6ccc(-c7ccccc7)cc6)c6ccc(-c7ccccc7)cc6)c45)c3o2)c([2H])c1[2H]. The topological polar surface area (TPSA) is 42.4 Å². The molecule has 0 aliphatic carbocycles. The fraction of sp³-hybridized carbons (Fsp3) is 0. The van der Waals surface area contributed by atoms with Gasteiger partial charge >= 0.3 is 0 Å². The van der Waals surface area contributed by atoms with Crippen molar-refractivity contribution in [1.82, 2.24) is 4.98 Å². The van der Waals surface area contributed by atoms with Crippen LogP contribution in [-0.4, -0.2) is 4.98 Å². The molecule has 0 saturated heterocycles. The minimum atomic E-state index is -0.470. The summed E-state index contributed by atoms with van der Waals surface area (Å²) in [4.78, 5) is 6.84. The van der Waals surface area contributed by atoms with Crippen LogP contribution in [0.4, 0.5) is 17.1 Å². The van der Waals surface area contributed by atoms with Crippen molar-refractivity contribution < 1.29 is 15.7 Å². The minimum Gasteiger partial charge on any atom is -0.456 e. The van der Waals surface area contributed by atoms with Gasteiger partial charge in [-0.25, -0.2) is 4.98 Å². The second-order valence-electron chi connectivity index (χ2n) is 12.8. The van der Waals surface area contributed by atoms with E-state index in [4.69, 9.17) is 15.7 Å². The first-order valence-electron chi connectivity index (χ1n) is 19.9. The third-order valence-electron chi connectivity index (χ3n) is 9.62. The fourth-order valence-corrected chi connectivity index (χ4v) is 7.10. The van der Waals surface area contributed by atoms with Crippen LogP contribution in [0.25, 0.3) is 77.9 Å². The average Bonchev–Trinajstić information content (AvgIpc) is 3.88. The van der Waals surface area contributed by atoms with Gasteiger partial charge in [0.2, 0.25) is 5.89 Å². The van der Waals surface area contributed by atoms with Crippen LogP contribution in [0, 0.1) is 0 Å². The Labute approximate surface area is 313 Å². The molecule has 250 valence electrons. The zero-order valence-corrected chi connectivity index (χ0v) is 28.3. The van der Waals surface area contributed by atoms with Gasteiger partial charge in [0.05, 0.1) is 17.9 Å². The van der Waals surface area contributed by atoms with Crippen LogP contribution in [0.2, 0.25) is 0 Å². The van der Waals surface area contributed by atoms with E-state index in [1.54, 1.807) is 6.07 Å². The number of oxazole rings is 1. The van der Waals surface area contributed by atoms with E-state index in [0.29, 0.717) is 16.7 Å². The summed E-state index contributed by atoms with van der Waals surface area (Å²) in [6.45, 7) is 0. The number of furan rings is 1. The maximum atomic E-state index is 8.47. The van der Waals surface area contributed by atoms with Gasteiger partial charge in [0.15, 0.2) is 5.58 Å². The monoisotopic (exact) mass is 685 g/mol. The highest BCUT2D eigenvalue weighted by Gasteiger charge is 2.21. The van der Waals surface area contributed by atoms with Crippen LogP contribution >= 0.6 is 0 Å². The zero-order chi connectivity index (χ0) is 39.5. The Hall–Kier alpha value is -7.17. The van der Waals surface area contributed by atoms with Crippen molar-refractivity contribution in [3.8, 4) is 44.8 Å². The fourth-order valence-electron chi connectivity index (χ4n) is 7.10. The van der Waals surface area contributed by atoms with Crippen molar-refractivity contribution in [3.63, 3.8) is 0 Å². The second-order valence-corrected chi connectivity index (χ2v) is 12.8. The normalized spacial score (nSPS) is 12.7. The summed E-state index contributed by atoms with van der Waals surface area (Å²) in [5.74, 6) is -0.0393. The van der Waals surface area contributed by atoms with Gasteiger partial charge in [-0.1, -0.05) is 127 Å². The Bertz CT molecular complexity index is 3050. The lowest BCUT2D eigenvalue weighted by atomic mass is 10.0. The summed E-state index contributed by atoms with van der Waals surface area (Å²) in [5, 5.41) is 1.90. The lowest BCUT2D eigenvalue weighted by molar-refractivity contribution is 0.621. The molecule has 2 heterocycles. The molecule has 4 heteroatoms. The number of para-hydroxylation sites is 1. The number of rotatable bonds is 7. The van der Waals surface area contributed by atoms with E-state index >= 15 is 0 Å². The van der Waals surface area contributed by atoms with Crippen LogP contribution in [0.1, 0.15) is 6.85 Å². The molecule has 0 saturated carbocycles. The Balaban J connectivity index is 1.10. The molecule has 0 radical (unpaired) electrons. The Morgan fingerprint density at radius 2 is 1.08 bits per heavy atom. The van der Waals surface area contributed by atoms with Gasteiger partial charge in [0.1, 0.15) is 16.7 Å². The first-order valence-corrected chi connectivity index (χ1v) is 17.4. The number of hydrogen-bond acceptors (Lipinski definition) is 4. The largest absolute Gasteiger partial charge is 0.456 e. The molecule has 10 rings (SSSR count). The van der Waals surface area contributed by atoms with Crippen molar-refractivity contribution in [1.29, 1.82) is 0 Å². The number of fused-ring (bicyclic) bond motifs is 4. The Morgan fingerprint density at radius 1 is 0.472 bits per heavy atom. The number of hydrogen-bond donors (Lipinski definition) is 0. The van der Waals surface area contributed by atoms with E-state index in [1.807, 2.05) is 72.8 Å². The lowest BCUT2D eigenvalue weighted by Crippen LogP contribution is -2.10. The summed E-state index contributed by atoms with van der Waals surface area (Å²) in [7, 11) is 0. The summed E-state index contributed by atoms with van der Waals surface area (Å²) in [5.41, 5.74) is 11.3. The van der Waals surface area contributed by atoms with E-state index in [-0.39, 0.29) is 23.5 Å². The summed E-state index contributed by atoms with van der Waals surface area (Å²) in [6.07, 6.45) is 0. The molecule has 0 amide bonds. The molecular weight excluding hydrogens is 649 g/mol. The smallest absolute Gasteiger partial charge is 0.227 e. The van der Waals surface area contributed by atoms with Gasteiger partial charge in [-0.05, 0) is 94.5 Å². The van der Waals surface area contributed by atoms with Gasteiger partial charge in [0.25, 0.3) is 0 Å². The van der Waals surface area contributed by atoms with Crippen molar-refractivity contribution in [2.24, 2.45) is 0 Å². The molecule has 4 nitrogen and oxygen atoms in total. The standard InChI is InChI=1S/C49H32N2O2/c1-4-12-33(13-5-1)35-22-27-39(28-23-35)51(40-29-24-36(25-30-40)34-14-6-2-7-15-34)44-20-11-21-45-47(44)42-31-26-38(32-46(42)52-45)41-18-10-19-43-48(41)53-49(50-43)37-16-8-3-9-17-37/h1-32H/i3D,8D,9D,16D,17D. The molecule has 8 aromatic carbocycles. The van der Waals surface area contributed by atoms with Gasteiger partial charge in [-0.15, -0.1) is 0 Å². The Morgan fingerprint density at radius 3 is 1.74 bits per heavy atom. The molecule has 0 aliphatic rings. The maximum Gasteiger partial charge on any atom is 0.227 e. The molecule has 0 N–H and O–H groups in total. The van der Waals surface area contributed by atoms with E-state index in [9.17, 15) is 0 Å². The molecule has 0 aliphatic heterocycles. The summed E-state index contributed by atoms with van der Waals surface area (Å²) in [6, 6.07) is 53.6. The zero-order valence-electron chi connectivity index (χ0n) is 33.3. The molecule has 0 spiro atoms. The van der Waals surface area contributed by atoms with Crippen molar-refractivity contribution in [2.75, 3.05) is 4.90 Å². The lowest BCUT2D eigenvalue weighted by Gasteiger charge is -2.26. The van der Waals surface area contributed by atoms with Gasteiger partial charge in [-0.3, -0.25) is 0 Å². The highest BCUT2D eigenvalue weighted by Crippen LogP contribution is 2.44. The average molecular weight is 686 g/mol. The van der Waals surface area contributed by atoms with E-state index in [2.05, 4.69) is 94.8 Å². The number of benzene rings is 8. The first kappa shape index (κ1) is 25.7. The molecule has 0 bridgehead atoms. The maximum absolute atomic E-state index is 8.47. The van der Waals surface area contributed by atoms with E-state index in [0.717, 1.165) is 66.8 Å². The van der Waals surface area contributed by atoms with Crippen molar-refractivity contribution in [2.45, 2.75) is 0 Å². The van der Waals surface area contributed by atoms with Crippen LogP contribution < -0.4 is 4.90 Å². The van der Waals surface area contributed by atoms with Crippen molar-refractivity contribution in [3.05, 3.63) is 194 Å². The van der Waals surface area contributed by atoms with Crippen LogP contribution in [-0.2, 0) is 0 Å². The Kier molecular flexibility index (Phi) is 6.24. The number of nitrogens with zero attached hydrogens (tertiary/aromatic N) is 2. The molecule has 0 unspecified atom stereocenters. The highest BCUT2D eigenvalue weighted by atomic mass is 16.3. The summed E-state index contributed by atoms with van der Waals surface area (Å²) >= 11 is 0. The first-order chi connectivity index (χ1) is 28.3. The predicted octanol–water partition coefficient (Wildman–Crippen LogP) is 13.9. The molecule has 0 fully saturated rings. The van der Waals surface area contributed by atoms with Crippen LogP contribution in [0.5, 0.6) is 0 Å². The van der Waals surface area contributed by atoms with E-state index < -0.39 is 18.1 Å². The van der Waals surface area contributed by atoms with Gasteiger partial charge in [-0.2, -0.15) is 0 Å². The summed E-state index contributed by atoms with van der Waals surface area (Å²) < 4.78 is 54.1. The second kappa shape index (κ2) is 12.9. The van der Waals surface area contributed by atoms with Gasteiger partial charge in [0, 0.05) is 27.9 Å². The highest BCUT2D eigenvalue weighted by molar-refractivity contribution is 6.14.